The molecule has 0 radical (unpaired) electrons. The first-order chi connectivity index (χ1) is 12.1. The van der Waals surface area contributed by atoms with Crippen molar-refractivity contribution in [2.75, 3.05) is 25.4 Å². The lowest BCUT2D eigenvalue weighted by molar-refractivity contribution is -0.129. The number of carbonyl (C=O) groups is 2. The fourth-order valence-corrected chi connectivity index (χ4v) is 5.45. The quantitative estimate of drug-likeness (QED) is 0.342. The minimum Gasteiger partial charge on any atom is -0.391 e. The van der Waals surface area contributed by atoms with Crippen LogP contribution in [0.3, 0.4) is 0 Å². The van der Waals surface area contributed by atoms with E-state index in [0.29, 0.717) is 0 Å². The Labute approximate surface area is 155 Å². The van der Waals surface area contributed by atoms with Gasteiger partial charge in [0.2, 0.25) is 19.2 Å². The van der Waals surface area contributed by atoms with Gasteiger partial charge < -0.3 is 26.4 Å². The summed E-state index contributed by atoms with van der Waals surface area (Å²) >= 11 is 0. The van der Waals surface area contributed by atoms with E-state index in [-0.39, 0.29) is 37.2 Å². The van der Waals surface area contributed by atoms with Crippen LogP contribution < -0.4 is 16.4 Å². The van der Waals surface area contributed by atoms with Gasteiger partial charge in [-0.25, -0.2) is 0 Å². The number of hydrogen-bond donors (Lipinski definition) is 5. The zero-order valence-electron chi connectivity index (χ0n) is 15.8. The Kier molecular flexibility index (Phi) is 9.79. The molecule has 0 saturated heterocycles. The van der Waals surface area contributed by atoms with Gasteiger partial charge in [-0.15, -0.1) is 0 Å². The van der Waals surface area contributed by atoms with E-state index in [2.05, 4.69) is 10.6 Å². The average Bonchev–Trinajstić information content (AvgIpc) is 2.57. The van der Waals surface area contributed by atoms with Gasteiger partial charge in [0.25, 0.3) is 0 Å². The molecule has 6 N–H and O–H groups in total. The van der Waals surface area contributed by atoms with Gasteiger partial charge in [0.1, 0.15) is 6.04 Å². The second kappa shape index (κ2) is 11.0. The average molecular weight is 391 g/mol. The molecule has 0 aromatic carbocycles. The Morgan fingerprint density at radius 2 is 1.85 bits per heavy atom. The van der Waals surface area contributed by atoms with Crippen LogP contribution >= 0.6 is 7.37 Å². The van der Waals surface area contributed by atoms with Crippen molar-refractivity contribution in [2.24, 2.45) is 17.6 Å². The summed E-state index contributed by atoms with van der Waals surface area (Å²) < 4.78 is 12.4. The summed E-state index contributed by atoms with van der Waals surface area (Å²) in [4.78, 5) is 33.8. The van der Waals surface area contributed by atoms with E-state index in [4.69, 9.17) is 5.73 Å². The number of hydrogen-bond acceptors (Lipinski definition) is 5. The Balaban J connectivity index is 2.45. The van der Waals surface area contributed by atoms with Crippen molar-refractivity contribution in [1.82, 2.24) is 10.6 Å². The molecule has 1 fully saturated rings. The molecular formula is C17H34N3O5P. The predicted molar refractivity (Wildman–Crippen MR) is 101 cm³/mol. The molecule has 1 saturated carbocycles. The summed E-state index contributed by atoms with van der Waals surface area (Å²) in [6.07, 6.45) is 4.20. The van der Waals surface area contributed by atoms with Crippen LogP contribution in [0, 0.1) is 11.8 Å². The molecular weight excluding hydrogens is 357 g/mol. The van der Waals surface area contributed by atoms with Crippen LogP contribution in [-0.2, 0) is 14.2 Å². The van der Waals surface area contributed by atoms with E-state index in [1.54, 1.807) is 13.8 Å². The van der Waals surface area contributed by atoms with Crippen LogP contribution in [0.2, 0.25) is 0 Å². The molecule has 2 amide bonds. The first-order valence-electron chi connectivity index (χ1n) is 9.40. The number of carbonyl (C=O) groups excluding carboxylic acids is 2. The molecule has 152 valence electrons. The molecule has 8 nitrogen and oxygen atoms in total. The maximum Gasteiger partial charge on any atom is 0.242 e. The molecule has 0 aromatic rings. The summed E-state index contributed by atoms with van der Waals surface area (Å²) in [6.45, 7) is 3.22. The maximum atomic E-state index is 12.4. The Hall–Kier alpha value is -0.950. The highest BCUT2D eigenvalue weighted by Crippen LogP contribution is 2.45. The van der Waals surface area contributed by atoms with E-state index in [9.17, 15) is 24.2 Å². The summed E-state index contributed by atoms with van der Waals surface area (Å²) in [6, 6.07) is -0.763. The minimum atomic E-state index is -3.43. The zero-order chi connectivity index (χ0) is 19.7. The lowest BCUT2D eigenvalue weighted by atomic mass is 9.91. The second-order valence-electron chi connectivity index (χ2n) is 7.61. The topological polar surface area (TPSA) is 142 Å². The summed E-state index contributed by atoms with van der Waals surface area (Å²) in [7, 11) is -3.43. The van der Waals surface area contributed by atoms with Crippen molar-refractivity contribution in [3.05, 3.63) is 0 Å². The first kappa shape index (κ1) is 23.1. The third-order valence-electron chi connectivity index (χ3n) is 4.73. The van der Waals surface area contributed by atoms with Gasteiger partial charge >= 0.3 is 0 Å². The van der Waals surface area contributed by atoms with Gasteiger partial charge in [-0.3, -0.25) is 14.2 Å². The highest BCUT2D eigenvalue weighted by molar-refractivity contribution is 7.58. The third-order valence-corrected chi connectivity index (χ3v) is 6.81. The fraction of sp³-hybridized carbons (Fsp3) is 0.882. The molecule has 9 heteroatoms. The van der Waals surface area contributed by atoms with E-state index in [1.165, 1.54) is 6.42 Å². The highest BCUT2D eigenvalue weighted by Gasteiger charge is 2.29. The van der Waals surface area contributed by atoms with Crippen LogP contribution in [0.4, 0.5) is 0 Å². The van der Waals surface area contributed by atoms with E-state index in [1.807, 2.05) is 0 Å². The molecule has 3 atom stereocenters. The summed E-state index contributed by atoms with van der Waals surface area (Å²) in [5.41, 5.74) is 5.25. The smallest absolute Gasteiger partial charge is 0.242 e. The van der Waals surface area contributed by atoms with E-state index < -0.39 is 31.3 Å². The van der Waals surface area contributed by atoms with Gasteiger partial charge in [0.05, 0.1) is 18.8 Å². The van der Waals surface area contributed by atoms with Crippen molar-refractivity contribution in [1.29, 1.82) is 0 Å². The maximum absolute atomic E-state index is 12.4. The number of aliphatic hydroxyl groups excluding tert-OH is 1. The van der Waals surface area contributed by atoms with Crippen molar-refractivity contribution >= 4 is 19.2 Å². The van der Waals surface area contributed by atoms with Crippen LogP contribution in [0.25, 0.3) is 0 Å². The Morgan fingerprint density at radius 1 is 1.23 bits per heavy atom. The van der Waals surface area contributed by atoms with Crippen molar-refractivity contribution < 1.29 is 24.2 Å². The van der Waals surface area contributed by atoms with Crippen LogP contribution in [0.5, 0.6) is 0 Å². The van der Waals surface area contributed by atoms with Crippen molar-refractivity contribution in [2.45, 2.75) is 58.1 Å². The van der Waals surface area contributed by atoms with Gasteiger partial charge in [-0.2, -0.15) is 0 Å². The lowest BCUT2D eigenvalue weighted by Gasteiger charge is -2.25. The van der Waals surface area contributed by atoms with Gasteiger partial charge in [-0.05, 0) is 24.7 Å². The number of amides is 2. The van der Waals surface area contributed by atoms with Crippen LogP contribution in [0.15, 0.2) is 0 Å². The molecule has 26 heavy (non-hydrogen) atoms. The minimum absolute atomic E-state index is 0.129. The molecule has 1 rings (SSSR count). The largest absolute Gasteiger partial charge is 0.391 e. The lowest BCUT2D eigenvalue weighted by Crippen LogP contribution is -2.52. The third kappa shape index (κ3) is 8.62. The van der Waals surface area contributed by atoms with Gasteiger partial charge in [0.15, 0.2) is 0 Å². The summed E-state index contributed by atoms with van der Waals surface area (Å²) in [5.74, 6) is -0.788. The SMILES string of the molecule is CC(C)[C@H](NC(=O)CN)C(=O)NC[C@H](O)CP(=O)(O)CC1CCCCC1. The van der Waals surface area contributed by atoms with Crippen LogP contribution in [0.1, 0.15) is 46.0 Å². The molecule has 1 aliphatic carbocycles. The molecule has 1 unspecified atom stereocenters. The van der Waals surface area contributed by atoms with E-state index in [0.717, 1.165) is 25.7 Å². The van der Waals surface area contributed by atoms with Gasteiger partial charge in [0, 0.05) is 12.7 Å². The van der Waals surface area contributed by atoms with Crippen molar-refractivity contribution in [3.8, 4) is 0 Å². The Bertz CT molecular complexity index is 509. The number of rotatable bonds is 10. The summed E-state index contributed by atoms with van der Waals surface area (Å²) in [5, 5.41) is 15.1. The van der Waals surface area contributed by atoms with E-state index >= 15 is 0 Å². The second-order valence-corrected chi connectivity index (χ2v) is 10.0. The zero-order valence-corrected chi connectivity index (χ0v) is 16.7. The normalized spacial score (nSPS) is 20.2. The number of nitrogens with one attached hydrogen (secondary N) is 2. The highest BCUT2D eigenvalue weighted by atomic mass is 31.2. The van der Waals surface area contributed by atoms with Crippen LogP contribution in [-0.4, -0.2) is 59.4 Å². The monoisotopic (exact) mass is 391 g/mol. The number of aliphatic hydroxyl groups is 1. The number of nitrogens with two attached hydrogens (primary N) is 1. The predicted octanol–water partition coefficient (Wildman–Crippen LogP) is 0.414. The fourth-order valence-electron chi connectivity index (χ4n) is 3.34. The molecule has 0 aliphatic heterocycles. The first-order valence-corrected chi connectivity index (χ1v) is 11.4. The van der Waals surface area contributed by atoms with Gasteiger partial charge in [-0.1, -0.05) is 33.1 Å². The molecule has 1 aliphatic rings. The Morgan fingerprint density at radius 3 is 2.38 bits per heavy atom. The standard InChI is InChI=1S/C17H34N3O5P/c1-12(2)16(20-15(22)8-18)17(23)19-9-14(21)11-26(24,25)10-13-6-4-3-5-7-13/h12-14,16,21H,3-11,18H2,1-2H3,(H,19,23)(H,20,22)(H,24,25)/t14-,16-/m0/s1. The molecule has 0 bridgehead atoms. The van der Waals surface area contributed by atoms with Crippen molar-refractivity contribution in [3.63, 3.8) is 0 Å². The molecule has 0 heterocycles. The molecule has 0 aromatic heterocycles. The molecule has 0 spiro atoms.